The Morgan fingerprint density at radius 1 is 1.36 bits per heavy atom. The van der Waals surface area contributed by atoms with Gasteiger partial charge in [0.2, 0.25) is 0 Å². The molecule has 0 heterocycles. The fourth-order valence-corrected chi connectivity index (χ4v) is 0.832. The van der Waals surface area contributed by atoms with Gasteiger partial charge in [-0.05, 0) is 11.6 Å². The van der Waals surface area contributed by atoms with Gasteiger partial charge in [0, 0.05) is 0 Å². The summed E-state index contributed by atoms with van der Waals surface area (Å²) < 4.78 is 0. The molecule has 0 radical (unpaired) electrons. The maximum Gasteiger partial charge on any atom is 1.00 e. The zero-order chi connectivity index (χ0) is 9.68. The van der Waals surface area contributed by atoms with Crippen LogP contribution in [-0.2, 0) is 4.79 Å². The molecular formula is C11H11CsO2. The third kappa shape index (κ3) is 5.19. The second-order valence-electron chi connectivity index (χ2n) is 2.57. The Kier molecular flexibility index (Phi) is 7.62. The number of benzene rings is 1. The van der Waals surface area contributed by atoms with Gasteiger partial charge in [-0.3, -0.25) is 0 Å². The van der Waals surface area contributed by atoms with Crippen LogP contribution >= 0.6 is 0 Å². The largest absolute Gasteiger partial charge is 1.00 e. The van der Waals surface area contributed by atoms with Gasteiger partial charge in [0.05, 0.1) is 5.57 Å². The SMILES string of the molecule is C=C(C=Cc1ccccc1)C(=O)O.[Cs+].[H-]. The molecule has 0 fully saturated rings. The summed E-state index contributed by atoms with van der Waals surface area (Å²) in [5, 5.41) is 8.51. The van der Waals surface area contributed by atoms with Crippen LogP contribution in [0.2, 0.25) is 0 Å². The van der Waals surface area contributed by atoms with Gasteiger partial charge in [-0.2, -0.15) is 0 Å². The molecule has 0 atom stereocenters. The quantitative estimate of drug-likeness (QED) is 0.601. The molecule has 0 aliphatic rings. The summed E-state index contributed by atoms with van der Waals surface area (Å²) >= 11 is 0. The second kappa shape index (κ2) is 7.51. The Labute approximate surface area is 144 Å². The Bertz CT molecular complexity index is 347. The smallest absolute Gasteiger partial charge is 1.00 e. The van der Waals surface area contributed by atoms with Crippen LogP contribution in [-0.4, -0.2) is 11.1 Å². The third-order valence-electron chi connectivity index (χ3n) is 1.55. The molecule has 3 heteroatoms. The first-order chi connectivity index (χ1) is 6.20. The third-order valence-corrected chi connectivity index (χ3v) is 1.55. The molecule has 0 saturated heterocycles. The van der Waals surface area contributed by atoms with Gasteiger partial charge in [-0.25, -0.2) is 4.79 Å². The normalized spacial score (nSPS) is 9.43. The number of carboxylic acids is 1. The van der Waals surface area contributed by atoms with E-state index < -0.39 is 5.97 Å². The summed E-state index contributed by atoms with van der Waals surface area (Å²) in [6, 6.07) is 9.48. The summed E-state index contributed by atoms with van der Waals surface area (Å²) in [6.07, 6.45) is 3.20. The van der Waals surface area contributed by atoms with E-state index in [2.05, 4.69) is 6.58 Å². The van der Waals surface area contributed by atoms with E-state index in [4.69, 9.17) is 5.11 Å². The maximum atomic E-state index is 10.4. The van der Waals surface area contributed by atoms with Crippen LogP contribution in [0.15, 0.2) is 48.6 Å². The average Bonchev–Trinajstić information content (AvgIpc) is 2.15. The monoisotopic (exact) mass is 308 g/mol. The minimum Gasteiger partial charge on any atom is -1.00 e. The van der Waals surface area contributed by atoms with Crippen molar-refractivity contribution < 1.29 is 80.2 Å². The standard InChI is InChI=1S/C11H10O2.Cs.H/c1-9(11(12)13)7-8-10-5-3-2-4-6-10;;/h2-8H,1H2,(H,12,13);;/q;+1;-1. The van der Waals surface area contributed by atoms with Gasteiger partial charge in [-0.1, -0.05) is 43.0 Å². The Morgan fingerprint density at radius 3 is 2.43 bits per heavy atom. The van der Waals surface area contributed by atoms with E-state index in [1.54, 1.807) is 6.08 Å². The van der Waals surface area contributed by atoms with E-state index >= 15 is 0 Å². The summed E-state index contributed by atoms with van der Waals surface area (Å²) in [5.41, 5.74) is 1.05. The fraction of sp³-hybridized carbons (Fsp3) is 0. The van der Waals surface area contributed by atoms with Crippen molar-refractivity contribution >= 4 is 12.0 Å². The van der Waals surface area contributed by atoms with Gasteiger partial charge < -0.3 is 6.53 Å². The topological polar surface area (TPSA) is 37.3 Å². The summed E-state index contributed by atoms with van der Waals surface area (Å²) in [5.74, 6) is -0.993. The fourth-order valence-electron chi connectivity index (χ4n) is 0.832. The van der Waals surface area contributed by atoms with Crippen LogP contribution in [0.4, 0.5) is 0 Å². The molecule has 14 heavy (non-hydrogen) atoms. The van der Waals surface area contributed by atoms with Crippen molar-refractivity contribution in [2.45, 2.75) is 0 Å². The van der Waals surface area contributed by atoms with Crippen LogP contribution in [0.3, 0.4) is 0 Å². The molecule has 0 aromatic heterocycles. The second-order valence-corrected chi connectivity index (χ2v) is 2.57. The minimum atomic E-state index is -0.993. The van der Waals surface area contributed by atoms with Gasteiger partial charge in [0.25, 0.3) is 0 Å². The van der Waals surface area contributed by atoms with Crippen LogP contribution in [0.5, 0.6) is 0 Å². The van der Waals surface area contributed by atoms with E-state index in [1.807, 2.05) is 30.3 Å². The number of carbonyl (C=O) groups is 1. The number of hydrogen-bond acceptors (Lipinski definition) is 1. The first kappa shape index (κ1) is 14.2. The van der Waals surface area contributed by atoms with Crippen molar-refractivity contribution in [3.05, 3.63) is 54.1 Å². The predicted octanol–water partition coefficient (Wildman–Crippen LogP) is -0.543. The van der Waals surface area contributed by atoms with Crippen molar-refractivity contribution in [3.63, 3.8) is 0 Å². The van der Waals surface area contributed by atoms with Crippen molar-refractivity contribution in [1.82, 2.24) is 0 Å². The van der Waals surface area contributed by atoms with E-state index in [0.717, 1.165) is 5.56 Å². The first-order valence-corrected chi connectivity index (χ1v) is 3.85. The molecule has 0 bridgehead atoms. The van der Waals surface area contributed by atoms with Crippen molar-refractivity contribution in [1.29, 1.82) is 0 Å². The number of carboxylic acid groups (broad SMARTS) is 1. The van der Waals surface area contributed by atoms with Gasteiger partial charge in [0.15, 0.2) is 0 Å². The molecular weight excluding hydrogens is 297 g/mol. The van der Waals surface area contributed by atoms with E-state index in [-0.39, 0.29) is 75.9 Å². The van der Waals surface area contributed by atoms with Gasteiger partial charge in [-0.15, -0.1) is 0 Å². The Hall–Kier alpha value is 0.222. The van der Waals surface area contributed by atoms with Gasteiger partial charge >= 0.3 is 74.9 Å². The van der Waals surface area contributed by atoms with Crippen molar-refractivity contribution in [2.75, 3.05) is 0 Å². The molecule has 0 unspecified atom stereocenters. The molecule has 0 aliphatic heterocycles. The summed E-state index contributed by atoms with van der Waals surface area (Å²) in [6.45, 7) is 3.38. The molecule has 1 aromatic carbocycles. The molecule has 1 rings (SSSR count). The van der Waals surface area contributed by atoms with Crippen LogP contribution < -0.4 is 68.9 Å². The minimum absolute atomic E-state index is 0. The number of aliphatic carboxylic acids is 1. The molecule has 1 aromatic rings. The van der Waals surface area contributed by atoms with Gasteiger partial charge in [0.1, 0.15) is 0 Å². The molecule has 0 spiro atoms. The van der Waals surface area contributed by atoms with Crippen LogP contribution in [0.25, 0.3) is 6.08 Å². The Morgan fingerprint density at radius 2 is 1.93 bits per heavy atom. The zero-order valence-electron chi connectivity index (χ0n) is 9.10. The van der Waals surface area contributed by atoms with E-state index in [0.29, 0.717) is 0 Å². The van der Waals surface area contributed by atoms with Crippen LogP contribution in [0.1, 0.15) is 6.99 Å². The van der Waals surface area contributed by atoms with E-state index in [9.17, 15) is 4.79 Å². The first-order valence-electron chi connectivity index (χ1n) is 3.85. The van der Waals surface area contributed by atoms with Crippen molar-refractivity contribution in [3.8, 4) is 0 Å². The molecule has 0 amide bonds. The summed E-state index contributed by atoms with van der Waals surface area (Å²) in [4.78, 5) is 10.4. The molecule has 0 saturated carbocycles. The maximum absolute atomic E-state index is 10.4. The molecule has 2 nitrogen and oxygen atoms in total. The predicted molar refractivity (Wildman–Crippen MR) is 53.4 cm³/mol. The molecule has 1 N–H and O–H groups in total. The van der Waals surface area contributed by atoms with E-state index in [1.165, 1.54) is 6.08 Å². The number of rotatable bonds is 3. The van der Waals surface area contributed by atoms with Crippen LogP contribution in [0, 0.1) is 0 Å². The van der Waals surface area contributed by atoms with Crippen molar-refractivity contribution in [2.24, 2.45) is 0 Å². The number of hydrogen-bond donors (Lipinski definition) is 1. The molecule has 0 aliphatic carbocycles. The summed E-state index contributed by atoms with van der Waals surface area (Å²) in [7, 11) is 0. The Balaban J connectivity index is 0. The molecule has 68 valence electrons. The average molecular weight is 308 g/mol. The zero-order valence-corrected chi connectivity index (χ0v) is 14.4.